The van der Waals surface area contributed by atoms with Crippen LogP contribution in [-0.2, 0) is 21.1 Å². The van der Waals surface area contributed by atoms with Crippen molar-refractivity contribution in [1.82, 2.24) is 14.4 Å². The van der Waals surface area contributed by atoms with Crippen molar-refractivity contribution < 1.29 is 22.5 Å². The van der Waals surface area contributed by atoms with Crippen molar-refractivity contribution in [3.63, 3.8) is 0 Å². The number of benzene rings is 1. The number of rotatable bonds is 5. The third-order valence-corrected chi connectivity index (χ3v) is 7.98. The van der Waals surface area contributed by atoms with Gasteiger partial charge in [0.15, 0.2) is 17.7 Å². The fraction of sp³-hybridized carbons (Fsp3) is 0.240. The molecule has 0 aliphatic carbocycles. The molecule has 0 saturated heterocycles. The van der Waals surface area contributed by atoms with Gasteiger partial charge < -0.3 is 9.14 Å². The van der Waals surface area contributed by atoms with Crippen LogP contribution in [0.4, 0.5) is 14.5 Å². The molecule has 0 bridgehead atoms. The highest BCUT2D eigenvalue weighted by molar-refractivity contribution is 7.92. The van der Waals surface area contributed by atoms with E-state index in [1.54, 1.807) is 43.5 Å². The fourth-order valence-electron chi connectivity index (χ4n) is 4.22. The van der Waals surface area contributed by atoms with Gasteiger partial charge in [0, 0.05) is 35.3 Å². The van der Waals surface area contributed by atoms with Gasteiger partial charge in [-0.1, -0.05) is 13.0 Å². The molecule has 1 aliphatic rings. The summed E-state index contributed by atoms with van der Waals surface area (Å²) >= 11 is 0. The summed E-state index contributed by atoms with van der Waals surface area (Å²) in [5.41, 5.74) is 2.52. The number of aromatic nitrogens is 3. The number of imidazole rings is 1. The monoisotopic (exact) mass is 511 g/mol. The fourth-order valence-corrected chi connectivity index (χ4v) is 5.03. The van der Waals surface area contributed by atoms with Crippen LogP contribution < -0.4 is 9.64 Å². The van der Waals surface area contributed by atoms with Gasteiger partial charge in [-0.25, -0.2) is 27.7 Å². The second-order valence-electron chi connectivity index (χ2n) is 8.53. The lowest BCUT2D eigenvalue weighted by atomic mass is 10.1. The summed E-state index contributed by atoms with van der Waals surface area (Å²) in [6.07, 6.45) is 2.08. The molecule has 1 aromatic carbocycles. The van der Waals surface area contributed by atoms with Crippen LogP contribution in [0, 0.1) is 23.3 Å². The van der Waals surface area contributed by atoms with Gasteiger partial charge in [-0.05, 0) is 38.1 Å². The minimum Gasteiger partial charge on any atom is -0.476 e. The molecule has 1 amide bonds. The van der Waals surface area contributed by atoms with E-state index in [2.05, 4.69) is 9.97 Å². The zero-order chi connectivity index (χ0) is 25.8. The first-order valence-electron chi connectivity index (χ1n) is 11.3. The van der Waals surface area contributed by atoms with E-state index >= 15 is 4.39 Å². The molecule has 0 fully saturated rings. The molecule has 1 N–H and O–H groups in total. The van der Waals surface area contributed by atoms with Gasteiger partial charge in [0.05, 0.1) is 33.3 Å². The largest absolute Gasteiger partial charge is 0.476 e. The highest BCUT2D eigenvalue weighted by Crippen LogP contribution is 2.37. The first-order valence-corrected chi connectivity index (χ1v) is 13.0. The lowest BCUT2D eigenvalue weighted by Crippen LogP contribution is -2.44. The van der Waals surface area contributed by atoms with Crippen molar-refractivity contribution in [2.24, 2.45) is 0 Å². The zero-order valence-electron chi connectivity index (χ0n) is 19.8. The first-order chi connectivity index (χ1) is 17.1. The van der Waals surface area contributed by atoms with E-state index in [0.29, 0.717) is 28.3 Å². The summed E-state index contributed by atoms with van der Waals surface area (Å²) in [4.78, 5) is 23.0. The maximum Gasteiger partial charge on any atom is 0.268 e. The van der Waals surface area contributed by atoms with Gasteiger partial charge in [0.1, 0.15) is 16.5 Å². The summed E-state index contributed by atoms with van der Waals surface area (Å²) in [5, 5.41) is 0.139. The third-order valence-electron chi connectivity index (χ3n) is 6.25. The molecule has 4 aromatic rings. The summed E-state index contributed by atoms with van der Waals surface area (Å²) in [6.45, 7) is 5.03. The average Bonchev–Trinajstić information content (AvgIpc) is 3.15. The Kier molecular flexibility index (Phi) is 5.74. The van der Waals surface area contributed by atoms with Crippen molar-refractivity contribution in [2.45, 2.75) is 38.4 Å². The Morgan fingerprint density at radius 2 is 1.97 bits per heavy atom. The van der Waals surface area contributed by atoms with E-state index in [1.807, 2.05) is 0 Å². The third kappa shape index (κ3) is 3.89. The lowest BCUT2D eigenvalue weighted by Gasteiger charge is -2.33. The van der Waals surface area contributed by atoms with E-state index in [4.69, 9.17) is 9.52 Å². The predicted octanol–water partition coefficient (Wildman–Crippen LogP) is 4.72. The highest BCUT2D eigenvalue weighted by atomic mass is 32.2. The van der Waals surface area contributed by atoms with Crippen LogP contribution in [0.5, 0.6) is 5.75 Å². The van der Waals surface area contributed by atoms with E-state index in [-0.39, 0.29) is 34.5 Å². The number of hydrogen-bond donors (Lipinski definition) is 1. The van der Waals surface area contributed by atoms with Crippen molar-refractivity contribution >= 4 is 27.0 Å². The molecule has 4 heterocycles. The molecule has 2 atom stereocenters. The van der Waals surface area contributed by atoms with Crippen molar-refractivity contribution in [3.8, 4) is 16.9 Å². The summed E-state index contributed by atoms with van der Waals surface area (Å²) in [7, 11) is -2.99. The van der Waals surface area contributed by atoms with Gasteiger partial charge in [-0.3, -0.25) is 9.69 Å². The number of carbonyl (C=O) groups is 1. The quantitative estimate of drug-likeness (QED) is 0.418. The second-order valence-corrected chi connectivity index (χ2v) is 10.9. The number of hydrogen-bond acceptors (Lipinski definition) is 6. The molecule has 0 spiro atoms. The van der Waals surface area contributed by atoms with Crippen molar-refractivity contribution in [3.05, 3.63) is 71.8 Å². The molecule has 5 rings (SSSR count). The van der Waals surface area contributed by atoms with Crippen LogP contribution in [0.1, 0.15) is 25.2 Å². The van der Waals surface area contributed by atoms with Crippen LogP contribution in [0.3, 0.4) is 0 Å². The van der Waals surface area contributed by atoms with Crippen LogP contribution >= 0.6 is 0 Å². The minimum atomic E-state index is -2.99. The Morgan fingerprint density at radius 3 is 2.67 bits per heavy atom. The predicted molar refractivity (Wildman–Crippen MR) is 130 cm³/mol. The smallest absolute Gasteiger partial charge is 0.268 e. The number of ether oxygens (including phenoxy) is 1. The summed E-state index contributed by atoms with van der Waals surface area (Å²) in [5.74, 6) is -1.29. The number of anilines is 1. The molecule has 0 saturated carbocycles. The van der Waals surface area contributed by atoms with Crippen molar-refractivity contribution in [1.29, 1.82) is 4.78 Å². The number of carbonyl (C=O) groups excluding carboxylic acids is 1. The molecule has 1 unspecified atom stereocenters. The lowest BCUT2D eigenvalue weighted by molar-refractivity contribution is -0.125. The topological polar surface area (TPSA) is 101 Å². The number of pyridine rings is 2. The van der Waals surface area contributed by atoms with Gasteiger partial charge in [0.25, 0.3) is 5.91 Å². The Morgan fingerprint density at radius 1 is 1.19 bits per heavy atom. The molecular weight excluding hydrogens is 488 g/mol. The molecule has 0 radical (unpaired) electrons. The van der Waals surface area contributed by atoms with Gasteiger partial charge >= 0.3 is 0 Å². The summed E-state index contributed by atoms with van der Waals surface area (Å²) in [6, 6.07) is 8.72. The SMILES string of the molecule is CCS(=N)(=O)c1ccc(-c2cn3c(CN4C(=O)[C@@H](C)Oc5c(F)cccc54)c(C)nc3cc2F)cn1. The first kappa shape index (κ1) is 23.9. The summed E-state index contributed by atoms with van der Waals surface area (Å²) < 4.78 is 56.9. The molecule has 3 aromatic heterocycles. The van der Waals surface area contributed by atoms with Crippen LogP contribution in [0.15, 0.2) is 53.8 Å². The number of aryl methyl sites for hydroxylation is 1. The molecule has 186 valence electrons. The maximum absolute atomic E-state index is 15.1. The highest BCUT2D eigenvalue weighted by Gasteiger charge is 2.34. The second kappa shape index (κ2) is 8.66. The molecule has 1 aliphatic heterocycles. The zero-order valence-corrected chi connectivity index (χ0v) is 20.6. The normalized spacial score (nSPS) is 17.1. The van der Waals surface area contributed by atoms with Crippen LogP contribution in [-0.4, -0.2) is 36.3 Å². The number of nitrogens with one attached hydrogen (secondary N) is 1. The van der Waals surface area contributed by atoms with Gasteiger partial charge in [0.2, 0.25) is 0 Å². The van der Waals surface area contributed by atoms with E-state index in [1.165, 1.54) is 35.4 Å². The Bertz CT molecular complexity index is 1620. The van der Waals surface area contributed by atoms with E-state index in [9.17, 15) is 13.4 Å². The molecule has 8 nitrogen and oxygen atoms in total. The van der Waals surface area contributed by atoms with E-state index in [0.717, 1.165) is 0 Å². The number of fused-ring (bicyclic) bond motifs is 2. The van der Waals surface area contributed by atoms with E-state index < -0.39 is 27.5 Å². The molecular formula is C25H23F2N5O3S. The molecule has 11 heteroatoms. The van der Waals surface area contributed by atoms with Crippen molar-refractivity contribution in [2.75, 3.05) is 10.7 Å². The van der Waals surface area contributed by atoms with Gasteiger partial charge in [-0.15, -0.1) is 0 Å². The number of nitrogens with zero attached hydrogens (tertiary/aromatic N) is 4. The Labute approximate surface area is 206 Å². The van der Waals surface area contributed by atoms with Crippen LogP contribution in [0.25, 0.3) is 16.8 Å². The maximum atomic E-state index is 15.1. The average molecular weight is 512 g/mol. The standard InChI is InChI=1S/C25H23F2N5O3S/c1-4-36(28,34)23-9-8-16(11-29-23)17-12-31-21(14(2)30-22(31)10-19(17)27)13-32-20-7-5-6-18(26)24(20)35-15(3)25(32)33/h5-12,15,28H,4,13H2,1-3H3/t15-,36?/m1/s1. The van der Waals surface area contributed by atoms with Gasteiger partial charge in [-0.2, -0.15) is 0 Å². The minimum absolute atomic E-state index is 0.00650. The Balaban J connectivity index is 1.59. The number of amides is 1. The van der Waals surface area contributed by atoms with Crippen LogP contribution in [0.2, 0.25) is 0 Å². The number of para-hydroxylation sites is 1. The Hall–Kier alpha value is -3.86. The number of halogens is 2. The molecule has 36 heavy (non-hydrogen) atoms.